The zero-order valence-corrected chi connectivity index (χ0v) is 14.6. The smallest absolute Gasteiger partial charge is 0.413 e. The SMILES string of the molecule is CC(C)N1CC2(OC1=O)c1ccccc1N(c1ncccn1)C2C(F)(F)F. The number of halogens is 3. The number of amides is 1. The molecule has 9 heteroatoms. The normalized spacial score (nSPS) is 24.7. The Kier molecular flexibility index (Phi) is 3.79. The molecule has 1 fully saturated rings. The van der Waals surface area contributed by atoms with E-state index in [1.807, 2.05) is 0 Å². The lowest BCUT2D eigenvalue weighted by molar-refractivity contribution is -0.183. The maximum atomic E-state index is 14.3. The maximum Gasteiger partial charge on any atom is 0.413 e. The Morgan fingerprint density at radius 2 is 1.85 bits per heavy atom. The van der Waals surface area contributed by atoms with Gasteiger partial charge in [-0.15, -0.1) is 0 Å². The molecular weight excluding hydrogens is 361 g/mol. The van der Waals surface area contributed by atoms with Gasteiger partial charge in [-0.3, -0.25) is 4.90 Å². The van der Waals surface area contributed by atoms with Gasteiger partial charge in [-0.2, -0.15) is 13.2 Å². The van der Waals surface area contributed by atoms with E-state index in [0.29, 0.717) is 5.56 Å². The molecule has 142 valence electrons. The number of carbonyl (C=O) groups is 1. The van der Waals surface area contributed by atoms with Crippen LogP contribution in [0.5, 0.6) is 0 Å². The maximum absolute atomic E-state index is 14.3. The number of para-hydroxylation sites is 1. The summed E-state index contributed by atoms with van der Waals surface area (Å²) in [6, 6.07) is 5.50. The Morgan fingerprint density at radius 1 is 1.19 bits per heavy atom. The number of nitrogens with zero attached hydrogens (tertiary/aromatic N) is 4. The van der Waals surface area contributed by atoms with E-state index in [1.165, 1.54) is 23.4 Å². The molecule has 2 aliphatic rings. The van der Waals surface area contributed by atoms with Crippen LogP contribution in [-0.4, -0.2) is 45.8 Å². The molecule has 2 aliphatic heterocycles. The lowest BCUT2D eigenvalue weighted by Crippen LogP contribution is -2.55. The van der Waals surface area contributed by atoms with Gasteiger partial charge in [0, 0.05) is 24.0 Å². The standard InChI is InChI=1S/C18H17F3N4O2/c1-11(2)24-10-17(27-16(24)26)12-6-3-4-7-13(12)25(14(17)18(19,20)21)15-22-8-5-9-23-15/h3-9,11,14H,10H2,1-2H3. The van der Waals surface area contributed by atoms with Crippen LogP contribution in [0.1, 0.15) is 19.4 Å². The number of hydrogen-bond acceptors (Lipinski definition) is 5. The van der Waals surface area contributed by atoms with Gasteiger partial charge in [-0.25, -0.2) is 14.8 Å². The van der Waals surface area contributed by atoms with Crippen molar-refractivity contribution >= 4 is 17.7 Å². The number of fused-ring (bicyclic) bond motifs is 2. The van der Waals surface area contributed by atoms with Gasteiger partial charge in [0.1, 0.15) is 0 Å². The summed E-state index contributed by atoms with van der Waals surface area (Å²) in [5.74, 6) is -0.0943. The first kappa shape index (κ1) is 17.6. The molecular formula is C18H17F3N4O2. The highest BCUT2D eigenvalue weighted by atomic mass is 19.4. The molecule has 0 saturated carbocycles. The van der Waals surface area contributed by atoms with Crippen molar-refractivity contribution in [3.8, 4) is 0 Å². The Morgan fingerprint density at radius 3 is 2.44 bits per heavy atom. The largest absolute Gasteiger partial charge is 0.433 e. The van der Waals surface area contributed by atoms with Crippen LogP contribution in [0.4, 0.5) is 29.6 Å². The molecule has 6 nitrogen and oxygen atoms in total. The topological polar surface area (TPSA) is 58.6 Å². The van der Waals surface area contributed by atoms with E-state index >= 15 is 0 Å². The van der Waals surface area contributed by atoms with E-state index in [2.05, 4.69) is 9.97 Å². The first-order chi connectivity index (χ1) is 12.8. The lowest BCUT2D eigenvalue weighted by atomic mass is 9.88. The van der Waals surface area contributed by atoms with Crippen LogP contribution >= 0.6 is 0 Å². The number of alkyl halides is 3. The van der Waals surface area contributed by atoms with E-state index in [0.717, 1.165) is 4.90 Å². The van der Waals surface area contributed by atoms with Crippen LogP contribution in [0.3, 0.4) is 0 Å². The third-order valence-electron chi connectivity index (χ3n) is 4.93. The summed E-state index contributed by atoms with van der Waals surface area (Å²) in [7, 11) is 0. The number of anilines is 2. The molecule has 3 heterocycles. The van der Waals surface area contributed by atoms with Crippen molar-refractivity contribution in [2.45, 2.75) is 37.7 Å². The van der Waals surface area contributed by atoms with Gasteiger partial charge >= 0.3 is 12.3 Å². The second kappa shape index (κ2) is 5.83. The molecule has 2 unspecified atom stereocenters. The molecule has 1 amide bonds. The summed E-state index contributed by atoms with van der Waals surface area (Å²) in [5, 5.41) is 0. The molecule has 2 aromatic rings. The predicted octanol–water partition coefficient (Wildman–Crippen LogP) is 3.62. The summed E-state index contributed by atoms with van der Waals surface area (Å²) in [5.41, 5.74) is -1.30. The third kappa shape index (κ3) is 2.52. The van der Waals surface area contributed by atoms with Crippen molar-refractivity contribution < 1.29 is 22.7 Å². The van der Waals surface area contributed by atoms with Crippen LogP contribution in [-0.2, 0) is 10.3 Å². The molecule has 4 rings (SSSR count). The van der Waals surface area contributed by atoms with Crippen molar-refractivity contribution in [1.29, 1.82) is 0 Å². The van der Waals surface area contributed by atoms with Crippen molar-refractivity contribution in [3.05, 3.63) is 48.3 Å². The minimum Gasteiger partial charge on any atom is -0.433 e. The highest BCUT2D eigenvalue weighted by molar-refractivity contribution is 5.78. The highest BCUT2D eigenvalue weighted by Crippen LogP contribution is 2.56. The first-order valence-corrected chi connectivity index (χ1v) is 8.48. The summed E-state index contributed by atoms with van der Waals surface area (Å²) in [6.45, 7) is 3.28. The monoisotopic (exact) mass is 378 g/mol. The van der Waals surface area contributed by atoms with Crippen LogP contribution in [0, 0.1) is 0 Å². The summed E-state index contributed by atoms with van der Waals surface area (Å²) < 4.78 is 48.4. The van der Waals surface area contributed by atoms with Crippen molar-refractivity contribution in [3.63, 3.8) is 0 Å². The van der Waals surface area contributed by atoms with E-state index in [-0.39, 0.29) is 24.2 Å². The van der Waals surface area contributed by atoms with Crippen LogP contribution in [0.2, 0.25) is 0 Å². The van der Waals surface area contributed by atoms with Crippen LogP contribution < -0.4 is 4.90 Å². The molecule has 2 atom stereocenters. The summed E-state index contributed by atoms with van der Waals surface area (Å²) in [4.78, 5) is 22.7. The molecule has 1 aromatic carbocycles. The number of benzene rings is 1. The molecule has 0 aliphatic carbocycles. The van der Waals surface area contributed by atoms with Crippen molar-refractivity contribution in [2.24, 2.45) is 0 Å². The Hall–Kier alpha value is -2.84. The fourth-order valence-electron chi connectivity index (χ4n) is 3.83. The zero-order valence-electron chi connectivity index (χ0n) is 14.6. The van der Waals surface area contributed by atoms with E-state index in [9.17, 15) is 18.0 Å². The van der Waals surface area contributed by atoms with E-state index < -0.39 is 23.9 Å². The van der Waals surface area contributed by atoms with E-state index in [1.54, 1.807) is 38.1 Å². The summed E-state index contributed by atoms with van der Waals surface area (Å²) in [6.07, 6.45) is -2.69. The van der Waals surface area contributed by atoms with Gasteiger partial charge in [0.25, 0.3) is 0 Å². The molecule has 27 heavy (non-hydrogen) atoms. The first-order valence-electron chi connectivity index (χ1n) is 8.48. The fraction of sp³-hybridized carbons (Fsp3) is 0.389. The average molecular weight is 378 g/mol. The van der Waals surface area contributed by atoms with Gasteiger partial charge < -0.3 is 9.64 Å². The molecule has 1 spiro atoms. The van der Waals surface area contributed by atoms with Crippen molar-refractivity contribution in [1.82, 2.24) is 14.9 Å². The number of hydrogen-bond donors (Lipinski definition) is 0. The van der Waals surface area contributed by atoms with Gasteiger partial charge in [-0.05, 0) is 26.0 Å². The molecule has 0 N–H and O–H groups in total. The number of aromatic nitrogens is 2. The third-order valence-corrected chi connectivity index (χ3v) is 4.93. The number of ether oxygens (including phenoxy) is 1. The second-order valence-electron chi connectivity index (χ2n) is 6.86. The van der Waals surface area contributed by atoms with E-state index in [4.69, 9.17) is 4.74 Å². The van der Waals surface area contributed by atoms with Gasteiger partial charge in [-0.1, -0.05) is 18.2 Å². The van der Waals surface area contributed by atoms with Crippen molar-refractivity contribution in [2.75, 3.05) is 11.4 Å². The van der Waals surface area contributed by atoms with Gasteiger partial charge in [0.15, 0.2) is 11.6 Å². The number of rotatable bonds is 2. The number of carbonyl (C=O) groups excluding carboxylic acids is 1. The minimum atomic E-state index is -4.69. The lowest BCUT2D eigenvalue weighted by Gasteiger charge is -2.35. The Labute approximate surface area is 153 Å². The quantitative estimate of drug-likeness (QED) is 0.799. The van der Waals surface area contributed by atoms with Gasteiger partial charge in [0.05, 0.1) is 12.2 Å². The average Bonchev–Trinajstić information content (AvgIpc) is 3.11. The molecule has 1 aromatic heterocycles. The Bertz CT molecular complexity index is 874. The molecule has 1 saturated heterocycles. The zero-order chi connectivity index (χ0) is 19.4. The van der Waals surface area contributed by atoms with Crippen LogP contribution in [0.15, 0.2) is 42.7 Å². The highest BCUT2D eigenvalue weighted by Gasteiger charge is 2.69. The second-order valence-corrected chi connectivity index (χ2v) is 6.86. The molecule has 0 radical (unpaired) electrons. The molecule has 0 bridgehead atoms. The summed E-state index contributed by atoms with van der Waals surface area (Å²) >= 11 is 0. The fourth-order valence-corrected chi connectivity index (χ4v) is 3.83. The van der Waals surface area contributed by atoms with Crippen LogP contribution in [0.25, 0.3) is 0 Å². The minimum absolute atomic E-state index is 0.0943. The Balaban J connectivity index is 1.95. The van der Waals surface area contributed by atoms with Gasteiger partial charge in [0.2, 0.25) is 5.95 Å². The predicted molar refractivity (Wildman–Crippen MR) is 90.5 cm³/mol.